The lowest BCUT2D eigenvalue weighted by Crippen LogP contribution is -2.31. The summed E-state index contributed by atoms with van der Waals surface area (Å²) < 4.78 is 16.2. The van der Waals surface area contributed by atoms with Crippen molar-refractivity contribution in [3.63, 3.8) is 0 Å². The molecule has 1 aliphatic rings. The summed E-state index contributed by atoms with van der Waals surface area (Å²) in [6, 6.07) is 21.8. The summed E-state index contributed by atoms with van der Waals surface area (Å²) in [5, 5.41) is 20.2. The maximum Gasteiger partial charge on any atom is 0.254 e. The average molecular weight is 619 g/mol. The lowest BCUT2D eigenvalue weighted by molar-refractivity contribution is -0.114. The van der Waals surface area contributed by atoms with Gasteiger partial charge in [-0.15, -0.1) is 0 Å². The standard InChI is InChI=1S/C32H31ClN4O5S/c1-5-42-22-13-11-20(12-14-22)30-23(17-34)32(35-19(2)29(30)31(39)36-21-9-7-6-8-10-21)43-18-28(38)37-25-16-26(40-3)24(33)15-27(25)41-4/h6-16,30,35H,5,18H2,1-4H3,(H,36,39)(H,37,38)/t30-/m0/s1. The van der Waals surface area contributed by atoms with Crippen molar-refractivity contribution in [2.45, 2.75) is 19.8 Å². The van der Waals surface area contributed by atoms with Crippen LogP contribution in [-0.2, 0) is 9.59 Å². The second-order valence-electron chi connectivity index (χ2n) is 9.30. The molecule has 0 radical (unpaired) electrons. The molecule has 9 nitrogen and oxygen atoms in total. The van der Waals surface area contributed by atoms with Gasteiger partial charge in [0.2, 0.25) is 5.91 Å². The number of hydrogen-bond donors (Lipinski definition) is 3. The largest absolute Gasteiger partial charge is 0.495 e. The molecule has 1 aliphatic heterocycles. The smallest absolute Gasteiger partial charge is 0.254 e. The molecule has 3 N–H and O–H groups in total. The molecule has 4 rings (SSSR count). The summed E-state index contributed by atoms with van der Waals surface area (Å²) >= 11 is 7.35. The van der Waals surface area contributed by atoms with E-state index in [-0.39, 0.29) is 17.6 Å². The number of anilines is 2. The first kappa shape index (κ1) is 31.3. The van der Waals surface area contributed by atoms with Crippen molar-refractivity contribution in [3.05, 3.63) is 99.2 Å². The Morgan fingerprint density at radius 3 is 2.35 bits per heavy atom. The van der Waals surface area contributed by atoms with Crippen LogP contribution in [0.1, 0.15) is 25.3 Å². The molecule has 0 aromatic heterocycles. The van der Waals surface area contributed by atoms with E-state index < -0.39 is 5.92 Å². The van der Waals surface area contributed by atoms with E-state index in [4.69, 9.17) is 25.8 Å². The lowest BCUT2D eigenvalue weighted by atomic mass is 9.82. The number of hydrogen-bond acceptors (Lipinski definition) is 8. The van der Waals surface area contributed by atoms with Gasteiger partial charge >= 0.3 is 0 Å². The molecule has 0 bridgehead atoms. The van der Waals surface area contributed by atoms with Crippen LogP contribution >= 0.6 is 23.4 Å². The number of methoxy groups -OCH3 is 2. The van der Waals surface area contributed by atoms with Gasteiger partial charge in [0.05, 0.1) is 59.9 Å². The van der Waals surface area contributed by atoms with Crippen LogP contribution in [0.2, 0.25) is 5.02 Å². The number of para-hydroxylation sites is 1. The highest BCUT2D eigenvalue weighted by Gasteiger charge is 2.35. The van der Waals surface area contributed by atoms with Crippen molar-refractivity contribution >= 4 is 46.6 Å². The number of allylic oxidation sites excluding steroid dienone is 2. The Hall–Kier alpha value is -4.59. The van der Waals surface area contributed by atoms with Crippen LogP contribution < -0.4 is 30.2 Å². The fourth-order valence-corrected chi connectivity index (χ4v) is 5.71. The molecule has 11 heteroatoms. The van der Waals surface area contributed by atoms with E-state index in [2.05, 4.69) is 22.0 Å². The molecule has 1 heterocycles. The summed E-state index contributed by atoms with van der Waals surface area (Å²) in [6.07, 6.45) is 0. The van der Waals surface area contributed by atoms with Crippen molar-refractivity contribution in [2.24, 2.45) is 0 Å². The van der Waals surface area contributed by atoms with Crippen LogP contribution in [0.4, 0.5) is 11.4 Å². The molecule has 0 aliphatic carbocycles. The third-order valence-corrected chi connectivity index (χ3v) is 7.86. The number of thioether (sulfide) groups is 1. The minimum atomic E-state index is -0.683. The first-order valence-electron chi connectivity index (χ1n) is 13.3. The Bertz CT molecular complexity index is 1600. The number of nitrogens with one attached hydrogen (secondary N) is 3. The third kappa shape index (κ3) is 7.44. The van der Waals surface area contributed by atoms with E-state index in [0.717, 1.165) is 17.3 Å². The molecule has 0 fully saturated rings. The minimum Gasteiger partial charge on any atom is -0.495 e. The SMILES string of the molecule is CCOc1ccc([C@H]2C(C#N)=C(SCC(=O)Nc3cc(OC)c(Cl)cc3OC)NC(C)=C2C(=O)Nc2ccccc2)cc1. The lowest BCUT2D eigenvalue weighted by Gasteiger charge is -2.30. The van der Waals surface area contributed by atoms with Crippen LogP contribution in [0.25, 0.3) is 0 Å². The van der Waals surface area contributed by atoms with Gasteiger partial charge in [0, 0.05) is 29.1 Å². The topological polar surface area (TPSA) is 122 Å². The number of carbonyl (C=O) groups excluding carboxylic acids is 2. The van der Waals surface area contributed by atoms with Crippen molar-refractivity contribution in [1.29, 1.82) is 5.26 Å². The van der Waals surface area contributed by atoms with Crippen LogP contribution in [0.3, 0.4) is 0 Å². The highest BCUT2D eigenvalue weighted by Crippen LogP contribution is 2.42. The summed E-state index contributed by atoms with van der Waals surface area (Å²) in [5.41, 5.74) is 3.04. The zero-order valence-electron chi connectivity index (χ0n) is 24.1. The van der Waals surface area contributed by atoms with E-state index >= 15 is 0 Å². The predicted octanol–water partition coefficient (Wildman–Crippen LogP) is 6.46. The Morgan fingerprint density at radius 2 is 1.72 bits per heavy atom. The predicted molar refractivity (Wildman–Crippen MR) is 170 cm³/mol. The van der Waals surface area contributed by atoms with Crippen LogP contribution in [0.15, 0.2) is 88.6 Å². The van der Waals surface area contributed by atoms with Crippen LogP contribution in [0.5, 0.6) is 17.2 Å². The van der Waals surface area contributed by atoms with Crippen LogP contribution in [-0.4, -0.2) is 38.4 Å². The summed E-state index contributed by atoms with van der Waals surface area (Å²) in [5.74, 6) is 0.0427. The molecule has 0 saturated carbocycles. The molecule has 3 aromatic rings. The Morgan fingerprint density at radius 1 is 1.02 bits per heavy atom. The third-order valence-electron chi connectivity index (χ3n) is 6.54. The van der Waals surface area contributed by atoms with Crippen LogP contribution in [0, 0.1) is 11.3 Å². The van der Waals surface area contributed by atoms with E-state index in [0.29, 0.717) is 62.1 Å². The van der Waals surface area contributed by atoms with Crippen molar-refractivity contribution in [1.82, 2.24) is 5.32 Å². The number of ether oxygens (including phenoxy) is 3. The zero-order chi connectivity index (χ0) is 30.9. The first-order valence-corrected chi connectivity index (χ1v) is 14.7. The fourth-order valence-electron chi connectivity index (χ4n) is 4.59. The molecule has 3 aromatic carbocycles. The molecule has 0 saturated heterocycles. The van der Waals surface area contributed by atoms with E-state index in [1.807, 2.05) is 49.4 Å². The molecule has 43 heavy (non-hydrogen) atoms. The number of carbonyl (C=O) groups is 2. The molecule has 0 unspecified atom stereocenters. The quantitative estimate of drug-likeness (QED) is 0.224. The number of halogens is 1. The van der Waals surface area contributed by atoms with Gasteiger partial charge in [0.15, 0.2) is 0 Å². The number of dihydropyridines is 1. The zero-order valence-corrected chi connectivity index (χ0v) is 25.7. The Kier molecular flexibility index (Phi) is 10.6. The Balaban J connectivity index is 1.63. The maximum atomic E-state index is 13.6. The average Bonchev–Trinajstić information content (AvgIpc) is 3.01. The van der Waals surface area contributed by atoms with Gasteiger partial charge in [-0.25, -0.2) is 0 Å². The monoisotopic (exact) mass is 618 g/mol. The fraction of sp³-hybridized carbons (Fsp3) is 0.219. The van der Waals surface area contributed by atoms with E-state index in [9.17, 15) is 14.9 Å². The molecular formula is C32H31ClN4O5S. The van der Waals surface area contributed by atoms with Gasteiger partial charge in [-0.2, -0.15) is 5.26 Å². The summed E-state index contributed by atoms with van der Waals surface area (Å²) in [6.45, 7) is 4.19. The highest BCUT2D eigenvalue weighted by atomic mass is 35.5. The first-order chi connectivity index (χ1) is 20.8. The van der Waals surface area contributed by atoms with Gasteiger partial charge in [0.1, 0.15) is 17.2 Å². The number of nitrogens with zero attached hydrogens (tertiary/aromatic N) is 1. The number of nitriles is 1. The summed E-state index contributed by atoms with van der Waals surface area (Å²) in [4.78, 5) is 26.7. The molecule has 222 valence electrons. The second-order valence-corrected chi connectivity index (χ2v) is 10.7. The van der Waals surface area contributed by atoms with Gasteiger partial charge in [-0.05, 0) is 43.7 Å². The van der Waals surface area contributed by atoms with Crippen molar-refractivity contribution in [3.8, 4) is 23.3 Å². The molecular weight excluding hydrogens is 588 g/mol. The van der Waals surface area contributed by atoms with Crippen molar-refractivity contribution < 1.29 is 23.8 Å². The molecule has 1 atom stereocenters. The number of benzene rings is 3. The normalized spacial score (nSPS) is 14.4. The van der Waals surface area contributed by atoms with Gasteiger partial charge in [-0.3, -0.25) is 9.59 Å². The molecule has 0 spiro atoms. The number of rotatable bonds is 11. The Labute approximate surface area is 259 Å². The molecule has 2 amide bonds. The highest BCUT2D eigenvalue weighted by molar-refractivity contribution is 8.03. The number of amides is 2. The maximum absolute atomic E-state index is 13.6. The van der Waals surface area contributed by atoms with Gasteiger partial charge in [0.25, 0.3) is 5.91 Å². The van der Waals surface area contributed by atoms with Gasteiger partial charge < -0.3 is 30.2 Å². The summed E-state index contributed by atoms with van der Waals surface area (Å²) in [7, 11) is 2.95. The van der Waals surface area contributed by atoms with E-state index in [1.165, 1.54) is 14.2 Å². The van der Waals surface area contributed by atoms with Gasteiger partial charge in [-0.1, -0.05) is 53.7 Å². The van der Waals surface area contributed by atoms with E-state index in [1.54, 1.807) is 31.2 Å². The second kappa shape index (κ2) is 14.5. The minimum absolute atomic E-state index is 0.0313. The van der Waals surface area contributed by atoms with Crippen molar-refractivity contribution in [2.75, 3.05) is 37.2 Å².